The molecule has 2 rings (SSSR count). The number of nitrogens with two attached hydrogens (primary N) is 1. The van der Waals surface area contributed by atoms with Crippen molar-refractivity contribution < 1.29 is 8.78 Å². The second-order valence-electron chi connectivity index (χ2n) is 3.59. The highest BCUT2D eigenvalue weighted by molar-refractivity contribution is 5.59. The van der Waals surface area contributed by atoms with Crippen molar-refractivity contribution in [1.82, 2.24) is 9.97 Å². The lowest BCUT2D eigenvalue weighted by Gasteiger charge is -2.01. The number of rotatable bonds is 2. The molecule has 0 saturated heterocycles. The minimum absolute atomic E-state index is 0.152. The number of nitrogens with zero attached hydrogens (tertiary/aromatic N) is 1. The number of hydrogen-bond donors (Lipinski definition) is 2. The molecule has 1 heterocycles. The molecule has 0 aliphatic carbocycles. The first-order chi connectivity index (χ1) is 7.58. The molecule has 1 atom stereocenters. The molecule has 0 bridgehead atoms. The Morgan fingerprint density at radius 1 is 1.38 bits per heavy atom. The third kappa shape index (κ3) is 1.94. The van der Waals surface area contributed by atoms with E-state index < -0.39 is 11.6 Å². The standard InChI is InChI=1S/C11H11F2N3/c1-6(14)11-15-5-10(16-11)8-4-7(12)2-3-9(8)13/h2-6H,14H2,1H3,(H,15,16). The van der Waals surface area contributed by atoms with E-state index in [4.69, 9.17) is 5.73 Å². The van der Waals surface area contributed by atoms with Gasteiger partial charge in [0.15, 0.2) is 0 Å². The van der Waals surface area contributed by atoms with E-state index in [1.54, 1.807) is 6.92 Å². The molecular weight excluding hydrogens is 212 g/mol. The number of hydrogen-bond acceptors (Lipinski definition) is 2. The lowest BCUT2D eigenvalue weighted by molar-refractivity contribution is 0.602. The Hall–Kier alpha value is -1.75. The van der Waals surface area contributed by atoms with Gasteiger partial charge in [-0.15, -0.1) is 0 Å². The van der Waals surface area contributed by atoms with Gasteiger partial charge in [0.05, 0.1) is 17.9 Å². The monoisotopic (exact) mass is 223 g/mol. The Labute approximate surface area is 91.3 Å². The second-order valence-corrected chi connectivity index (χ2v) is 3.59. The molecule has 0 radical (unpaired) electrons. The first kappa shape index (κ1) is 10.8. The first-order valence-electron chi connectivity index (χ1n) is 4.84. The lowest BCUT2D eigenvalue weighted by Crippen LogP contribution is -2.06. The smallest absolute Gasteiger partial charge is 0.132 e. The molecule has 0 fully saturated rings. The van der Waals surface area contributed by atoms with E-state index in [2.05, 4.69) is 9.97 Å². The molecule has 2 aromatic rings. The van der Waals surface area contributed by atoms with Crippen molar-refractivity contribution in [3.63, 3.8) is 0 Å². The van der Waals surface area contributed by atoms with Crippen LogP contribution in [-0.4, -0.2) is 9.97 Å². The molecule has 1 aromatic heterocycles. The van der Waals surface area contributed by atoms with Gasteiger partial charge in [-0.2, -0.15) is 0 Å². The summed E-state index contributed by atoms with van der Waals surface area (Å²) in [6.07, 6.45) is 1.44. The van der Waals surface area contributed by atoms with Crippen molar-refractivity contribution in [2.24, 2.45) is 5.73 Å². The van der Waals surface area contributed by atoms with Crippen LogP contribution in [0.5, 0.6) is 0 Å². The molecule has 1 unspecified atom stereocenters. The number of benzene rings is 1. The predicted molar refractivity (Wildman–Crippen MR) is 56.5 cm³/mol. The van der Waals surface area contributed by atoms with Crippen molar-refractivity contribution in [3.05, 3.63) is 41.9 Å². The van der Waals surface area contributed by atoms with E-state index in [0.29, 0.717) is 11.5 Å². The van der Waals surface area contributed by atoms with Gasteiger partial charge in [-0.25, -0.2) is 13.8 Å². The number of halogens is 2. The normalized spacial score (nSPS) is 12.8. The van der Waals surface area contributed by atoms with Crippen LogP contribution in [0.25, 0.3) is 11.3 Å². The maximum absolute atomic E-state index is 13.4. The van der Waals surface area contributed by atoms with Gasteiger partial charge in [-0.05, 0) is 25.1 Å². The highest BCUT2D eigenvalue weighted by Crippen LogP contribution is 2.22. The molecule has 0 amide bonds. The average molecular weight is 223 g/mol. The maximum Gasteiger partial charge on any atom is 0.132 e. The van der Waals surface area contributed by atoms with Crippen LogP contribution in [0, 0.1) is 11.6 Å². The molecular formula is C11H11F2N3. The molecule has 0 spiro atoms. The third-order valence-corrected chi connectivity index (χ3v) is 2.25. The maximum atomic E-state index is 13.4. The van der Waals surface area contributed by atoms with Crippen LogP contribution in [0.15, 0.2) is 24.4 Å². The Bertz CT molecular complexity index is 506. The minimum Gasteiger partial charge on any atom is -0.341 e. The van der Waals surface area contributed by atoms with Crippen LogP contribution in [0.3, 0.4) is 0 Å². The minimum atomic E-state index is -0.499. The van der Waals surface area contributed by atoms with E-state index in [9.17, 15) is 8.78 Å². The van der Waals surface area contributed by atoms with E-state index >= 15 is 0 Å². The number of aromatic nitrogens is 2. The Kier molecular flexibility index (Phi) is 2.70. The Morgan fingerprint density at radius 2 is 2.12 bits per heavy atom. The summed E-state index contributed by atoms with van der Waals surface area (Å²) in [5.41, 5.74) is 6.18. The van der Waals surface area contributed by atoms with Crippen molar-refractivity contribution in [1.29, 1.82) is 0 Å². The van der Waals surface area contributed by atoms with Gasteiger partial charge in [0, 0.05) is 5.56 Å². The van der Waals surface area contributed by atoms with E-state index in [1.165, 1.54) is 6.20 Å². The van der Waals surface area contributed by atoms with Gasteiger partial charge in [0.25, 0.3) is 0 Å². The number of imidazole rings is 1. The topological polar surface area (TPSA) is 54.7 Å². The fourth-order valence-electron chi connectivity index (χ4n) is 1.41. The van der Waals surface area contributed by atoms with Crippen LogP contribution in [0.2, 0.25) is 0 Å². The molecule has 0 saturated carbocycles. The lowest BCUT2D eigenvalue weighted by atomic mass is 10.1. The quantitative estimate of drug-likeness (QED) is 0.821. The molecule has 0 aliphatic rings. The summed E-state index contributed by atoms with van der Waals surface area (Å²) in [5.74, 6) is -0.451. The van der Waals surface area contributed by atoms with Crippen LogP contribution >= 0.6 is 0 Å². The molecule has 16 heavy (non-hydrogen) atoms. The van der Waals surface area contributed by atoms with Crippen LogP contribution in [-0.2, 0) is 0 Å². The predicted octanol–water partition coefficient (Wildman–Crippen LogP) is 2.37. The molecule has 3 N–H and O–H groups in total. The number of H-pyrrole nitrogens is 1. The summed E-state index contributed by atoms with van der Waals surface area (Å²) in [6, 6.07) is 3.00. The summed E-state index contributed by atoms with van der Waals surface area (Å²) in [5, 5.41) is 0. The number of nitrogens with one attached hydrogen (secondary N) is 1. The number of aromatic amines is 1. The fraction of sp³-hybridized carbons (Fsp3) is 0.182. The van der Waals surface area contributed by atoms with Gasteiger partial charge in [0.1, 0.15) is 17.5 Å². The van der Waals surface area contributed by atoms with Gasteiger partial charge < -0.3 is 10.7 Å². The van der Waals surface area contributed by atoms with Crippen molar-refractivity contribution in [2.45, 2.75) is 13.0 Å². The van der Waals surface area contributed by atoms with Crippen molar-refractivity contribution >= 4 is 0 Å². The van der Waals surface area contributed by atoms with Gasteiger partial charge in [-0.1, -0.05) is 0 Å². The second kappa shape index (κ2) is 4.02. The summed E-state index contributed by atoms with van der Waals surface area (Å²) in [6.45, 7) is 1.75. The molecule has 1 aromatic carbocycles. The zero-order valence-corrected chi connectivity index (χ0v) is 8.67. The highest BCUT2D eigenvalue weighted by atomic mass is 19.1. The molecule has 0 aliphatic heterocycles. The summed E-state index contributed by atoms with van der Waals surface area (Å²) in [4.78, 5) is 6.85. The van der Waals surface area contributed by atoms with E-state index in [0.717, 1.165) is 18.2 Å². The van der Waals surface area contributed by atoms with Gasteiger partial charge in [-0.3, -0.25) is 0 Å². The first-order valence-corrected chi connectivity index (χ1v) is 4.84. The Balaban J connectivity index is 2.46. The van der Waals surface area contributed by atoms with Crippen molar-refractivity contribution in [3.8, 4) is 11.3 Å². The zero-order valence-electron chi connectivity index (χ0n) is 8.67. The van der Waals surface area contributed by atoms with Gasteiger partial charge >= 0.3 is 0 Å². The zero-order chi connectivity index (χ0) is 11.7. The largest absolute Gasteiger partial charge is 0.341 e. The summed E-state index contributed by atoms with van der Waals surface area (Å²) < 4.78 is 26.4. The molecule has 84 valence electrons. The van der Waals surface area contributed by atoms with E-state index in [1.807, 2.05) is 0 Å². The van der Waals surface area contributed by atoms with Crippen molar-refractivity contribution in [2.75, 3.05) is 0 Å². The third-order valence-electron chi connectivity index (χ3n) is 2.25. The van der Waals surface area contributed by atoms with Crippen LogP contribution < -0.4 is 5.73 Å². The average Bonchev–Trinajstić information content (AvgIpc) is 2.70. The van der Waals surface area contributed by atoms with Crippen LogP contribution in [0.4, 0.5) is 8.78 Å². The molecule has 5 heteroatoms. The summed E-state index contributed by atoms with van der Waals surface area (Å²) in [7, 11) is 0. The Morgan fingerprint density at radius 3 is 2.75 bits per heavy atom. The van der Waals surface area contributed by atoms with E-state index in [-0.39, 0.29) is 11.6 Å². The summed E-state index contributed by atoms with van der Waals surface area (Å²) >= 11 is 0. The highest BCUT2D eigenvalue weighted by Gasteiger charge is 2.11. The SMILES string of the molecule is CC(N)c1ncc(-c2cc(F)ccc2F)[nH]1. The molecule has 3 nitrogen and oxygen atoms in total. The fourth-order valence-corrected chi connectivity index (χ4v) is 1.41. The van der Waals surface area contributed by atoms with Gasteiger partial charge in [0.2, 0.25) is 0 Å². The van der Waals surface area contributed by atoms with Crippen LogP contribution in [0.1, 0.15) is 18.8 Å².